The third kappa shape index (κ3) is 3.89. The summed E-state index contributed by atoms with van der Waals surface area (Å²) in [6, 6.07) is 0. The molecular formula is C14H18N4O2S2. The first-order valence-corrected chi connectivity index (χ1v) is 8.84. The number of ether oxygens (including phenoxy) is 1. The number of hydrogen-bond donors (Lipinski definition) is 1. The van der Waals surface area contributed by atoms with E-state index in [9.17, 15) is 4.79 Å². The molecule has 0 spiro atoms. The number of hydrogen-bond acceptors (Lipinski definition) is 7. The fraction of sp³-hybridized carbons (Fsp3) is 0.500. The van der Waals surface area contributed by atoms with Crippen LogP contribution in [0.25, 0.3) is 0 Å². The van der Waals surface area contributed by atoms with Crippen molar-refractivity contribution in [3.63, 3.8) is 0 Å². The van der Waals surface area contributed by atoms with E-state index in [4.69, 9.17) is 4.74 Å². The third-order valence-corrected chi connectivity index (χ3v) is 5.14. The molecule has 3 heterocycles. The Morgan fingerprint density at radius 2 is 2.32 bits per heavy atom. The Balaban J connectivity index is 1.60. The average Bonchev–Trinajstić information content (AvgIpc) is 3.08. The second-order valence-electron chi connectivity index (χ2n) is 5.25. The Labute approximate surface area is 137 Å². The minimum atomic E-state index is -0.0912. The van der Waals surface area contributed by atoms with E-state index in [1.807, 2.05) is 12.3 Å². The monoisotopic (exact) mass is 338 g/mol. The highest BCUT2D eigenvalue weighted by molar-refractivity contribution is 7.13. The Morgan fingerprint density at radius 1 is 1.45 bits per heavy atom. The van der Waals surface area contributed by atoms with Crippen LogP contribution in [0.2, 0.25) is 0 Å². The van der Waals surface area contributed by atoms with Crippen LogP contribution in [0.1, 0.15) is 29.4 Å². The molecule has 1 saturated heterocycles. The lowest BCUT2D eigenvalue weighted by atomic mass is 10.2. The molecule has 2 aromatic heterocycles. The maximum atomic E-state index is 11.0. The highest BCUT2D eigenvalue weighted by Gasteiger charge is 2.24. The number of nitrogens with one attached hydrogen (secondary N) is 1. The van der Waals surface area contributed by atoms with Crippen molar-refractivity contribution in [3.05, 3.63) is 27.2 Å². The number of anilines is 1. The second-order valence-corrected chi connectivity index (χ2v) is 6.99. The van der Waals surface area contributed by atoms with Crippen molar-refractivity contribution < 1.29 is 9.53 Å². The molecule has 1 fully saturated rings. The molecule has 22 heavy (non-hydrogen) atoms. The average molecular weight is 338 g/mol. The predicted molar refractivity (Wildman–Crippen MR) is 87.2 cm³/mol. The fourth-order valence-electron chi connectivity index (χ4n) is 2.33. The summed E-state index contributed by atoms with van der Waals surface area (Å²) in [5, 5.41) is 8.46. The fourth-order valence-corrected chi connectivity index (χ4v) is 3.91. The summed E-state index contributed by atoms with van der Waals surface area (Å²) in [6.07, 6.45) is 0.0425. The van der Waals surface area contributed by atoms with Crippen molar-refractivity contribution in [2.75, 3.05) is 25.0 Å². The van der Waals surface area contributed by atoms with E-state index in [-0.39, 0.29) is 12.0 Å². The molecule has 3 rings (SSSR count). The van der Waals surface area contributed by atoms with E-state index < -0.39 is 0 Å². The smallest absolute Gasteiger partial charge is 0.223 e. The van der Waals surface area contributed by atoms with Gasteiger partial charge in [0.2, 0.25) is 5.91 Å². The van der Waals surface area contributed by atoms with Gasteiger partial charge < -0.3 is 10.1 Å². The molecule has 0 unspecified atom stereocenters. The zero-order chi connectivity index (χ0) is 15.5. The maximum absolute atomic E-state index is 11.0. The molecule has 0 bridgehead atoms. The number of carbonyl (C=O) groups excluding carboxylic acids is 1. The normalized spacial score (nSPS) is 19.3. The van der Waals surface area contributed by atoms with Crippen LogP contribution in [0.4, 0.5) is 5.13 Å². The Morgan fingerprint density at radius 3 is 3.05 bits per heavy atom. The molecule has 0 aromatic carbocycles. The predicted octanol–water partition coefficient (Wildman–Crippen LogP) is 2.44. The largest absolute Gasteiger partial charge is 0.368 e. The van der Waals surface area contributed by atoms with Gasteiger partial charge in [-0.2, -0.15) is 0 Å². The summed E-state index contributed by atoms with van der Waals surface area (Å²) in [5.41, 5.74) is 2.02. The first-order chi connectivity index (χ1) is 10.6. The zero-order valence-electron chi connectivity index (χ0n) is 12.5. The van der Waals surface area contributed by atoms with Crippen molar-refractivity contribution in [1.82, 2.24) is 14.9 Å². The first kappa shape index (κ1) is 15.5. The lowest BCUT2D eigenvalue weighted by Crippen LogP contribution is -2.37. The van der Waals surface area contributed by atoms with Crippen LogP contribution >= 0.6 is 22.7 Å². The summed E-state index contributed by atoms with van der Waals surface area (Å²) in [7, 11) is 0. The van der Waals surface area contributed by atoms with Gasteiger partial charge in [-0.15, -0.1) is 22.7 Å². The molecule has 1 atom stereocenters. The van der Waals surface area contributed by atoms with Crippen LogP contribution in [-0.4, -0.2) is 40.5 Å². The van der Waals surface area contributed by atoms with E-state index in [1.165, 1.54) is 18.3 Å². The first-order valence-electron chi connectivity index (χ1n) is 7.08. The number of thiazole rings is 2. The van der Waals surface area contributed by atoms with Gasteiger partial charge >= 0.3 is 0 Å². The maximum Gasteiger partial charge on any atom is 0.223 e. The second kappa shape index (κ2) is 6.82. The number of carbonyl (C=O) groups is 1. The molecule has 1 amide bonds. The van der Waals surface area contributed by atoms with Crippen LogP contribution in [0.3, 0.4) is 0 Å². The van der Waals surface area contributed by atoms with Crippen LogP contribution < -0.4 is 5.32 Å². The van der Waals surface area contributed by atoms with Gasteiger partial charge in [0.15, 0.2) is 5.13 Å². The zero-order valence-corrected chi connectivity index (χ0v) is 14.2. The third-order valence-electron chi connectivity index (χ3n) is 3.28. The molecule has 0 radical (unpaired) electrons. The van der Waals surface area contributed by atoms with E-state index in [1.54, 1.807) is 11.3 Å². The standard InChI is InChI=1S/C14H18N4O2S2/c1-9-7-21-13(15-9)12-6-18(3-4-20-12)5-11-8-22-14(17-11)16-10(2)19/h7-8,12H,3-6H2,1-2H3,(H,16,17,19)/t12-/m1/s1. The van der Waals surface area contributed by atoms with Gasteiger partial charge in [-0.1, -0.05) is 0 Å². The summed E-state index contributed by atoms with van der Waals surface area (Å²) in [5.74, 6) is -0.0912. The number of rotatable bonds is 4. The Kier molecular flexibility index (Phi) is 4.82. The molecular weight excluding hydrogens is 320 g/mol. The van der Waals surface area contributed by atoms with Gasteiger partial charge in [0.25, 0.3) is 0 Å². The van der Waals surface area contributed by atoms with Gasteiger partial charge in [0, 0.05) is 43.0 Å². The van der Waals surface area contributed by atoms with E-state index in [2.05, 4.69) is 25.6 Å². The van der Waals surface area contributed by atoms with Gasteiger partial charge in [-0.3, -0.25) is 9.69 Å². The molecule has 118 valence electrons. The van der Waals surface area contributed by atoms with Crippen molar-refractivity contribution in [3.8, 4) is 0 Å². The minimum Gasteiger partial charge on any atom is -0.368 e. The lowest BCUT2D eigenvalue weighted by molar-refractivity contribution is -0.114. The van der Waals surface area contributed by atoms with Gasteiger partial charge in [0.05, 0.1) is 12.3 Å². The Hall–Kier alpha value is -1.35. The van der Waals surface area contributed by atoms with E-state index >= 15 is 0 Å². The number of amides is 1. The van der Waals surface area contributed by atoms with E-state index in [0.29, 0.717) is 11.7 Å². The van der Waals surface area contributed by atoms with Gasteiger partial charge in [0.1, 0.15) is 11.1 Å². The molecule has 2 aromatic rings. The molecule has 8 heteroatoms. The molecule has 0 saturated carbocycles. The molecule has 1 N–H and O–H groups in total. The van der Waals surface area contributed by atoms with Crippen molar-refractivity contribution in [1.29, 1.82) is 0 Å². The summed E-state index contributed by atoms with van der Waals surface area (Å²) >= 11 is 3.11. The highest BCUT2D eigenvalue weighted by Crippen LogP contribution is 2.26. The van der Waals surface area contributed by atoms with Gasteiger partial charge in [-0.25, -0.2) is 9.97 Å². The number of aryl methyl sites for hydroxylation is 1. The SMILES string of the molecule is CC(=O)Nc1nc(CN2CCO[C@@H](c3nc(C)cs3)C2)cs1. The molecule has 0 aliphatic carbocycles. The molecule has 1 aliphatic heterocycles. The van der Waals surface area contributed by atoms with Crippen LogP contribution in [0, 0.1) is 6.92 Å². The van der Waals surface area contributed by atoms with Crippen LogP contribution in [0.5, 0.6) is 0 Å². The van der Waals surface area contributed by atoms with Crippen molar-refractivity contribution in [2.45, 2.75) is 26.5 Å². The topological polar surface area (TPSA) is 67.4 Å². The quantitative estimate of drug-likeness (QED) is 0.927. The van der Waals surface area contributed by atoms with Crippen LogP contribution in [0.15, 0.2) is 10.8 Å². The van der Waals surface area contributed by atoms with Crippen molar-refractivity contribution >= 4 is 33.7 Å². The number of nitrogens with zero attached hydrogens (tertiary/aromatic N) is 3. The number of aromatic nitrogens is 2. The summed E-state index contributed by atoms with van der Waals surface area (Å²) in [6.45, 7) is 6.66. The van der Waals surface area contributed by atoms with Crippen LogP contribution in [-0.2, 0) is 16.1 Å². The van der Waals surface area contributed by atoms with E-state index in [0.717, 1.165) is 36.0 Å². The van der Waals surface area contributed by atoms with Gasteiger partial charge in [-0.05, 0) is 6.92 Å². The summed E-state index contributed by atoms with van der Waals surface area (Å²) in [4.78, 5) is 22.3. The number of morpholine rings is 1. The summed E-state index contributed by atoms with van der Waals surface area (Å²) < 4.78 is 5.83. The minimum absolute atomic E-state index is 0.0425. The lowest BCUT2D eigenvalue weighted by Gasteiger charge is -2.31. The van der Waals surface area contributed by atoms with Crippen molar-refractivity contribution in [2.24, 2.45) is 0 Å². The molecule has 1 aliphatic rings. The molecule has 6 nitrogen and oxygen atoms in total. The Bertz CT molecular complexity index is 655. The highest BCUT2D eigenvalue weighted by atomic mass is 32.1.